The average Bonchev–Trinajstić information content (AvgIpc) is 2.69. The molecule has 0 fully saturated rings. The van der Waals surface area contributed by atoms with E-state index in [0.717, 1.165) is 22.4 Å². The summed E-state index contributed by atoms with van der Waals surface area (Å²) in [5, 5.41) is 0. The fourth-order valence-corrected chi connectivity index (χ4v) is 1.76. The van der Waals surface area contributed by atoms with E-state index in [1.165, 1.54) is 0 Å². The van der Waals surface area contributed by atoms with E-state index < -0.39 is 0 Å². The molecule has 6 heteroatoms. The maximum atomic E-state index is 5.78. The number of alkyl halides is 1. The number of pyridine rings is 1. The van der Waals surface area contributed by atoms with Gasteiger partial charge < -0.3 is 4.57 Å². The van der Waals surface area contributed by atoms with Crippen molar-refractivity contribution < 1.29 is 0 Å². The first kappa shape index (κ1) is 13.5. The maximum absolute atomic E-state index is 5.78. The second-order valence-electron chi connectivity index (χ2n) is 3.14. The Balaban J connectivity index is 0.00000128. The minimum absolute atomic E-state index is 0. The molecule has 0 bridgehead atoms. The molecule has 16 heavy (non-hydrogen) atoms. The Morgan fingerprint density at radius 3 is 2.75 bits per heavy atom. The summed E-state index contributed by atoms with van der Waals surface area (Å²) in [6.45, 7) is 0.752. The summed E-state index contributed by atoms with van der Waals surface area (Å²) in [7, 11) is 0. The Labute approximate surface area is 113 Å². The zero-order chi connectivity index (χ0) is 10.7. The molecule has 0 saturated carbocycles. The third kappa shape index (κ3) is 3.20. The number of rotatable bonds is 3. The molecule has 2 rings (SSSR count). The zero-order valence-electron chi connectivity index (χ0n) is 8.31. The first-order valence-electron chi connectivity index (χ1n) is 4.45. The van der Waals surface area contributed by atoms with E-state index in [1.54, 1.807) is 12.5 Å². The maximum Gasteiger partial charge on any atom is 0.106 e. The van der Waals surface area contributed by atoms with Gasteiger partial charge >= 0.3 is 0 Å². The van der Waals surface area contributed by atoms with Gasteiger partial charge in [0.25, 0.3) is 0 Å². The first-order valence-corrected chi connectivity index (χ1v) is 5.78. The highest BCUT2D eigenvalue weighted by atomic mass is 79.9. The van der Waals surface area contributed by atoms with Crippen molar-refractivity contribution >= 4 is 39.9 Å². The highest BCUT2D eigenvalue weighted by Crippen LogP contribution is 2.10. The predicted octanol–water partition coefficient (Wildman–Crippen LogP) is 3.25. The minimum Gasteiger partial charge on any atom is -0.329 e. The molecule has 3 nitrogen and oxygen atoms in total. The zero-order valence-corrected chi connectivity index (χ0v) is 11.5. The van der Waals surface area contributed by atoms with Gasteiger partial charge in [-0.25, -0.2) is 9.97 Å². The van der Waals surface area contributed by atoms with Crippen molar-refractivity contribution in [1.29, 1.82) is 0 Å². The van der Waals surface area contributed by atoms with Crippen LogP contribution in [0.25, 0.3) is 0 Å². The fraction of sp³-hybridized carbons (Fsp3) is 0.200. The van der Waals surface area contributed by atoms with Gasteiger partial charge in [0.2, 0.25) is 0 Å². The molecule has 0 atom stereocenters. The van der Waals surface area contributed by atoms with Crippen molar-refractivity contribution in [3.8, 4) is 0 Å². The molecule has 0 amide bonds. The van der Waals surface area contributed by atoms with Crippen LogP contribution in [0.15, 0.2) is 35.5 Å². The van der Waals surface area contributed by atoms with Crippen LogP contribution in [0.1, 0.15) is 11.3 Å². The van der Waals surface area contributed by atoms with E-state index in [0.29, 0.717) is 5.88 Å². The molecule has 0 saturated heterocycles. The van der Waals surface area contributed by atoms with Crippen LogP contribution in [0.4, 0.5) is 0 Å². The normalized spacial score (nSPS) is 9.88. The molecule has 86 valence electrons. The van der Waals surface area contributed by atoms with Gasteiger partial charge in [0.15, 0.2) is 0 Å². The number of hydrogen-bond acceptors (Lipinski definition) is 2. The lowest BCUT2D eigenvalue weighted by Gasteiger charge is -2.05. The van der Waals surface area contributed by atoms with Crippen LogP contribution in [-0.2, 0) is 12.4 Å². The highest BCUT2D eigenvalue weighted by Gasteiger charge is 2.01. The van der Waals surface area contributed by atoms with Gasteiger partial charge in [0.1, 0.15) is 4.60 Å². The van der Waals surface area contributed by atoms with Gasteiger partial charge in [-0.05, 0) is 27.6 Å². The van der Waals surface area contributed by atoms with E-state index in [-0.39, 0.29) is 12.4 Å². The van der Waals surface area contributed by atoms with Crippen LogP contribution in [0.3, 0.4) is 0 Å². The van der Waals surface area contributed by atoms with Crippen LogP contribution in [-0.4, -0.2) is 14.5 Å². The molecule has 2 aromatic heterocycles. The van der Waals surface area contributed by atoms with Gasteiger partial charge in [-0.2, -0.15) is 0 Å². The van der Waals surface area contributed by atoms with Gasteiger partial charge in [0.05, 0.1) is 24.4 Å². The number of aromatic nitrogens is 3. The molecule has 0 N–H and O–H groups in total. The van der Waals surface area contributed by atoms with Gasteiger partial charge in [-0.3, -0.25) is 0 Å². The Bertz CT molecular complexity index is 442. The lowest BCUT2D eigenvalue weighted by molar-refractivity contribution is 0.761. The number of hydrogen-bond donors (Lipinski definition) is 0. The second kappa shape index (κ2) is 6.23. The Morgan fingerprint density at radius 1 is 1.31 bits per heavy atom. The summed E-state index contributed by atoms with van der Waals surface area (Å²) < 4.78 is 2.85. The van der Waals surface area contributed by atoms with Crippen molar-refractivity contribution in [2.45, 2.75) is 12.4 Å². The highest BCUT2D eigenvalue weighted by molar-refractivity contribution is 9.10. The Morgan fingerprint density at radius 2 is 2.12 bits per heavy atom. The molecule has 0 spiro atoms. The summed E-state index contributed by atoms with van der Waals surface area (Å²) in [6, 6.07) is 3.95. The molecule has 0 aliphatic carbocycles. The molecule has 0 unspecified atom stereocenters. The van der Waals surface area contributed by atoms with Crippen LogP contribution in [0.5, 0.6) is 0 Å². The van der Waals surface area contributed by atoms with Crippen molar-refractivity contribution in [1.82, 2.24) is 14.5 Å². The summed E-state index contributed by atoms with van der Waals surface area (Å²) in [5.74, 6) is 0.476. The molecular weight excluding hydrogens is 313 g/mol. The third-order valence-electron chi connectivity index (χ3n) is 2.08. The van der Waals surface area contributed by atoms with Crippen molar-refractivity contribution in [2.24, 2.45) is 0 Å². The van der Waals surface area contributed by atoms with Gasteiger partial charge in [0, 0.05) is 12.4 Å². The molecule has 0 aliphatic heterocycles. The van der Waals surface area contributed by atoms with E-state index in [9.17, 15) is 0 Å². The largest absolute Gasteiger partial charge is 0.329 e. The summed E-state index contributed by atoms with van der Waals surface area (Å²) in [6.07, 6.45) is 5.39. The summed E-state index contributed by atoms with van der Waals surface area (Å²) >= 11 is 9.08. The molecule has 0 aliphatic rings. The average molecular weight is 323 g/mol. The standard InChI is InChI=1S/C10H9BrClN3.ClH/c11-10-2-1-8(4-14-10)6-15-7-13-5-9(15)3-12;/h1-2,4-5,7H,3,6H2;1H. The molecule has 2 heterocycles. The SMILES string of the molecule is Cl.ClCc1cncn1Cc1ccc(Br)nc1. The number of halogens is 3. The topological polar surface area (TPSA) is 30.7 Å². The van der Waals surface area contributed by atoms with Crippen LogP contribution in [0, 0.1) is 0 Å². The lowest BCUT2D eigenvalue weighted by Crippen LogP contribution is -2.01. The fourth-order valence-electron chi connectivity index (χ4n) is 1.30. The van der Waals surface area contributed by atoms with Crippen LogP contribution < -0.4 is 0 Å². The van der Waals surface area contributed by atoms with Crippen molar-refractivity contribution in [2.75, 3.05) is 0 Å². The van der Waals surface area contributed by atoms with Crippen molar-refractivity contribution in [3.05, 3.63) is 46.7 Å². The van der Waals surface area contributed by atoms with Gasteiger partial charge in [-0.15, -0.1) is 24.0 Å². The first-order chi connectivity index (χ1) is 7.29. The molecular formula is C10H10BrCl2N3. The smallest absolute Gasteiger partial charge is 0.106 e. The van der Waals surface area contributed by atoms with Crippen LogP contribution >= 0.6 is 39.9 Å². The lowest BCUT2D eigenvalue weighted by atomic mass is 10.3. The summed E-state index contributed by atoms with van der Waals surface area (Å²) in [5.41, 5.74) is 2.14. The van der Waals surface area contributed by atoms with Crippen LogP contribution in [0.2, 0.25) is 0 Å². The van der Waals surface area contributed by atoms with E-state index in [4.69, 9.17) is 11.6 Å². The van der Waals surface area contributed by atoms with Crippen molar-refractivity contribution in [3.63, 3.8) is 0 Å². The molecule has 0 aromatic carbocycles. The van der Waals surface area contributed by atoms with E-state index in [2.05, 4.69) is 25.9 Å². The quantitative estimate of drug-likeness (QED) is 0.641. The number of nitrogens with zero attached hydrogens (tertiary/aromatic N) is 3. The monoisotopic (exact) mass is 321 g/mol. The minimum atomic E-state index is 0. The Kier molecular flexibility index (Phi) is 5.25. The molecule has 0 radical (unpaired) electrons. The Hall–Kier alpha value is -0.580. The van der Waals surface area contributed by atoms with E-state index >= 15 is 0 Å². The van der Waals surface area contributed by atoms with E-state index in [1.807, 2.05) is 22.9 Å². The molecule has 2 aromatic rings. The third-order valence-corrected chi connectivity index (χ3v) is 2.82. The predicted molar refractivity (Wildman–Crippen MR) is 70.1 cm³/mol. The number of imidazole rings is 1. The second-order valence-corrected chi connectivity index (χ2v) is 4.22. The summed E-state index contributed by atoms with van der Waals surface area (Å²) in [4.78, 5) is 8.22. The van der Waals surface area contributed by atoms with Gasteiger partial charge in [-0.1, -0.05) is 6.07 Å².